The van der Waals surface area contributed by atoms with Crippen LogP contribution in [0.5, 0.6) is 5.75 Å². The predicted octanol–water partition coefficient (Wildman–Crippen LogP) is 1.77. The number of carbonyl (C=O) groups is 2. The summed E-state index contributed by atoms with van der Waals surface area (Å²) < 4.78 is 9.68. The third-order valence-electron chi connectivity index (χ3n) is 6.72. The molecule has 0 bridgehead atoms. The second-order valence-corrected chi connectivity index (χ2v) is 8.68. The Morgan fingerprint density at radius 3 is 2.76 bits per heavy atom. The van der Waals surface area contributed by atoms with Crippen LogP contribution in [0.3, 0.4) is 0 Å². The van der Waals surface area contributed by atoms with Crippen LogP contribution in [0.15, 0.2) is 30.6 Å². The van der Waals surface area contributed by atoms with E-state index in [1.807, 2.05) is 36.1 Å². The predicted molar refractivity (Wildman–Crippen MR) is 123 cm³/mol. The minimum absolute atomic E-state index is 0.0880. The second kappa shape index (κ2) is 8.51. The summed E-state index contributed by atoms with van der Waals surface area (Å²) >= 11 is 0. The number of nitrogens with one attached hydrogen (secondary N) is 1. The van der Waals surface area contributed by atoms with Crippen LogP contribution in [-0.2, 0) is 16.6 Å². The van der Waals surface area contributed by atoms with Gasteiger partial charge in [0.1, 0.15) is 18.3 Å². The number of hydrogen-bond donors (Lipinski definition) is 1. The zero-order valence-electron chi connectivity index (χ0n) is 19.2. The number of anilines is 1. The molecule has 0 aromatic carbocycles. The average molecular weight is 452 g/mol. The maximum atomic E-state index is 12.5. The number of hydrogen-bond acceptors (Lipinski definition) is 6. The Morgan fingerprint density at radius 1 is 1.24 bits per heavy atom. The lowest BCUT2D eigenvalue weighted by atomic mass is 10.0. The number of amides is 2. The Bertz CT molecular complexity index is 1200. The van der Waals surface area contributed by atoms with Gasteiger partial charge in [-0.15, -0.1) is 0 Å². The van der Waals surface area contributed by atoms with Gasteiger partial charge in [-0.05, 0) is 31.5 Å². The molecule has 2 aliphatic rings. The minimum Gasteiger partial charge on any atom is -0.488 e. The van der Waals surface area contributed by atoms with E-state index in [1.165, 1.54) is 6.92 Å². The maximum absolute atomic E-state index is 12.5. The van der Waals surface area contributed by atoms with Gasteiger partial charge in [-0.1, -0.05) is 6.92 Å². The Kier molecular flexibility index (Phi) is 5.53. The first kappa shape index (κ1) is 21.4. The number of pyridine rings is 1. The van der Waals surface area contributed by atoms with Crippen LogP contribution in [-0.4, -0.2) is 79.3 Å². The van der Waals surface area contributed by atoms with E-state index in [4.69, 9.17) is 4.74 Å². The summed E-state index contributed by atoms with van der Waals surface area (Å²) in [6, 6.07) is 5.82. The Labute approximate surface area is 192 Å². The molecule has 1 N–H and O–H groups in total. The average Bonchev–Trinajstić information content (AvgIpc) is 3.28. The summed E-state index contributed by atoms with van der Waals surface area (Å²) in [6.07, 6.45) is 5.44. The number of aryl methyl sites for hydroxylation is 1. The lowest BCUT2D eigenvalue weighted by Crippen LogP contribution is -2.56. The van der Waals surface area contributed by atoms with E-state index >= 15 is 0 Å². The quantitative estimate of drug-likeness (QED) is 0.588. The highest BCUT2D eigenvalue weighted by atomic mass is 16.5. The van der Waals surface area contributed by atoms with Gasteiger partial charge in [0.05, 0.1) is 11.7 Å². The Morgan fingerprint density at radius 2 is 2.09 bits per heavy atom. The van der Waals surface area contributed by atoms with Crippen molar-refractivity contribution in [2.24, 2.45) is 7.05 Å². The summed E-state index contributed by atoms with van der Waals surface area (Å²) in [5.41, 5.74) is 2.69. The minimum atomic E-state index is -0.420. The lowest BCUT2D eigenvalue weighted by Gasteiger charge is -2.39. The molecule has 0 spiro atoms. The summed E-state index contributed by atoms with van der Waals surface area (Å²) in [5, 5.41) is 11.7. The zero-order valence-corrected chi connectivity index (χ0v) is 19.2. The number of nitrogens with zero attached hydrogens (tertiary/aromatic N) is 6. The maximum Gasteiger partial charge on any atom is 0.248 e. The van der Waals surface area contributed by atoms with E-state index in [-0.39, 0.29) is 11.8 Å². The monoisotopic (exact) mass is 451 g/mol. The number of rotatable bonds is 7. The van der Waals surface area contributed by atoms with Crippen molar-refractivity contribution in [2.75, 3.05) is 31.6 Å². The second-order valence-electron chi connectivity index (χ2n) is 8.68. The highest BCUT2D eigenvalue weighted by Gasteiger charge is 2.36. The third kappa shape index (κ3) is 3.95. The largest absolute Gasteiger partial charge is 0.488 e. The van der Waals surface area contributed by atoms with E-state index in [2.05, 4.69) is 27.3 Å². The molecule has 2 saturated heterocycles. The number of aromatic nitrogens is 4. The molecule has 0 aliphatic carbocycles. The fourth-order valence-corrected chi connectivity index (χ4v) is 4.59. The highest BCUT2D eigenvalue weighted by molar-refractivity contribution is 5.97. The molecule has 2 atom stereocenters. The molecule has 0 saturated carbocycles. The van der Waals surface area contributed by atoms with Crippen molar-refractivity contribution in [3.8, 4) is 17.0 Å². The van der Waals surface area contributed by atoms with Crippen LogP contribution >= 0.6 is 0 Å². The van der Waals surface area contributed by atoms with Gasteiger partial charge in [0.2, 0.25) is 11.8 Å². The van der Waals surface area contributed by atoms with Crippen molar-refractivity contribution in [3.05, 3.63) is 30.6 Å². The van der Waals surface area contributed by atoms with Gasteiger partial charge in [-0.25, -0.2) is 4.52 Å². The van der Waals surface area contributed by atoms with Gasteiger partial charge in [-0.2, -0.15) is 10.2 Å². The number of carbonyl (C=O) groups excluding carboxylic acids is 2. The van der Waals surface area contributed by atoms with Gasteiger partial charge >= 0.3 is 0 Å². The van der Waals surface area contributed by atoms with Crippen LogP contribution in [0.25, 0.3) is 16.8 Å². The van der Waals surface area contributed by atoms with Crippen molar-refractivity contribution in [3.63, 3.8) is 0 Å². The van der Waals surface area contributed by atoms with Crippen LogP contribution in [0, 0.1) is 0 Å². The molecule has 3 aromatic heterocycles. The third-order valence-corrected chi connectivity index (χ3v) is 6.72. The van der Waals surface area contributed by atoms with Gasteiger partial charge in [0.15, 0.2) is 11.6 Å². The van der Waals surface area contributed by atoms with Crippen LogP contribution < -0.4 is 10.1 Å². The molecule has 2 amide bonds. The van der Waals surface area contributed by atoms with Gasteiger partial charge in [0.25, 0.3) is 0 Å². The standard InChI is InChI=1S/C23H29N7O3/c1-4-28-8-6-17(28)14-33-20-13-24-27(3)22(20)16-5-10-30-18(11-16)12-21(26-30)25-23(32)19-7-9-29(19)15(2)31/h5,10-13,17,19H,4,6-9,14H2,1-3H3,(H,25,26,32)/t17-,19-/m1/s1. The SMILES string of the molecule is CCN1CC[C@@H]1COc1cnn(C)c1-c1ccn2nc(NC(=O)[C@H]3CCN3C(C)=O)cc2c1. The molecule has 33 heavy (non-hydrogen) atoms. The fourth-order valence-electron chi connectivity index (χ4n) is 4.59. The van der Waals surface area contributed by atoms with E-state index in [9.17, 15) is 9.59 Å². The van der Waals surface area contributed by atoms with Crippen LogP contribution in [0.2, 0.25) is 0 Å². The number of likely N-dealkylation sites (tertiary alicyclic amines) is 2. The molecule has 2 aliphatic heterocycles. The molecular weight excluding hydrogens is 422 g/mol. The van der Waals surface area contributed by atoms with Crippen molar-refractivity contribution in [2.45, 2.75) is 38.8 Å². The summed E-state index contributed by atoms with van der Waals surface area (Å²) in [5.74, 6) is 0.917. The molecule has 2 fully saturated rings. The summed E-state index contributed by atoms with van der Waals surface area (Å²) in [6.45, 7) is 7.09. The first-order valence-corrected chi connectivity index (χ1v) is 11.4. The number of likely N-dealkylation sites (N-methyl/N-ethyl adjacent to an activating group) is 1. The first-order chi connectivity index (χ1) is 15.9. The van der Waals surface area contributed by atoms with E-state index in [0.717, 1.165) is 42.0 Å². The number of fused-ring (bicyclic) bond motifs is 1. The molecule has 5 heterocycles. The van der Waals surface area contributed by atoms with Crippen molar-refractivity contribution in [1.29, 1.82) is 0 Å². The fraction of sp³-hybridized carbons (Fsp3) is 0.478. The Hall–Kier alpha value is -3.40. The van der Waals surface area contributed by atoms with Gasteiger partial charge in [0, 0.05) is 50.9 Å². The molecule has 10 heteroatoms. The number of ether oxygens (including phenoxy) is 1. The van der Waals surface area contributed by atoms with E-state index in [0.29, 0.717) is 31.4 Å². The molecule has 0 unspecified atom stereocenters. The smallest absolute Gasteiger partial charge is 0.248 e. The van der Waals surface area contributed by atoms with Gasteiger partial charge < -0.3 is 15.0 Å². The summed E-state index contributed by atoms with van der Waals surface area (Å²) in [4.78, 5) is 28.1. The van der Waals surface area contributed by atoms with Crippen molar-refractivity contribution in [1.82, 2.24) is 29.2 Å². The highest BCUT2D eigenvalue weighted by Crippen LogP contribution is 2.31. The van der Waals surface area contributed by atoms with Crippen molar-refractivity contribution < 1.29 is 14.3 Å². The molecule has 174 valence electrons. The zero-order chi connectivity index (χ0) is 23.1. The van der Waals surface area contributed by atoms with E-state index < -0.39 is 6.04 Å². The van der Waals surface area contributed by atoms with Crippen LogP contribution in [0.4, 0.5) is 5.82 Å². The van der Waals surface area contributed by atoms with E-state index in [1.54, 1.807) is 15.6 Å². The topological polar surface area (TPSA) is 97.0 Å². The van der Waals surface area contributed by atoms with Gasteiger partial charge in [-0.3, -0.25) is 19.2 Å². The van der Waals surface area contributed by atoms with Crippen molar-refractivity contribution >= 4 is 23.1 Å². The molecular formula is C23H29N7O3. The molecule has 5 rings (SSSR count). The Balaban J connectivity index is 1.32. The normalized spacial score (nSPS) is 20.4. The molecule has 0 radical (unpaired) electrons. The molecule has 10 nitrogen and oxygen atoms in total. The van der Waals surface area contributed by atoms with Crippen LogP contribution in [0.1, 0.15) is 26.7 Å². The molecule has 3 aromatic rings. The first-order valence-electron chi connectivity index (χ1n) is 11.4. The summed E-state index contributed by atoms with van der Waals surface area (Å²) in [7, 11) is 1.90. The lowest BCUT2D eigenvalue weighted by molar-refractivity contribution is -0.143.